The van der Waals surface area contributed by atoms with E-state index in [2.05, 4.69) is 13.8 Å². The van der Waals surface area contributed by atoms with Crippen LogP contribution < -0.4 is 0 Å². The van der Waals surface area contributed by atoms with E-state index in [0.29, 0.717) is 6.61 Å². The van der Waals surface area contributed by atoms with Crippen LogP contribution in [0.1, 0.15) is 46.0 Å². The minimum absolute atomic E-state index is 0.0891. The zero-order chi connectivity index (χ0) is 10.8. The lowest BCUT2D eigenvalue weighted by molar-refractivity contribution is -0.272. The van der Waals surface area contributed by atoms with Crippen molar-refractivity contribution in [2.45, 2.75) is 51.5 Å². The number of carbonyl (C=O) groups is 1. The summed E-state index contributed by atoms with van der Waals surface area (Å²) in [5.41, 5.74) is 0.0891. The smallest absolute Gasteiger partial charge is 0.298 e. The lowest BCUT2D eigenvalue weighted by atomic mass is 10.2. The predicted molar refractivity (Wildman–Crippen MR) is 60.2 cm³/mol. The Labute approximate surface area is 89.5 Å². The summed E-state index contributed by atoms with van der Waals surface area (Å²) in [6.07, 6.45) is 5.18. The largest absolute Gasteiger partial charge is 0.341 e. The van der Waals surface area contributed by atoms with E-state index in [-0.39, 0.29) is 11.5 Å². The molecule has 0 heterocycles. The topological polar surface area (TPSA) is 35.5 Å². The summed E-state index contributed by atoms with van der Waals surface area (Å²) in [5.74, 6) is -0.185. The number of carbonyl (C=O) groups excluding carboxylic acids is 1. The molecule has 1 unspecified atom stereocenters. The maximum Gasteiger partial charge on any atom is 0.341 e. The number of hydrogen-bond acceptors (Lipinski definition) is 3. The zero-order valence-electron chi connectivity index (χ0n) is 9.54. The molecule has 1 atom stereocenters. The second kappa shape index (κ2) is 9.21. The summed E-state index contributed by atoms with van der Waals surface area (Å²) in [7, 11) is 0.848. The van der Waals surface area contributed by atoms with E-state index in [1.807, 2.05) is 0 Å². The van der Waals surface area contributed by atoms with Gasteiger partial charge in [-0.3, -0.25) is 4.89 Å². The Balaban J connectivity index is 3.34. The van der Waals surface area contributed by atoms with Crippen LogP contribution in [0.15, 0.2) is 0 Å². The van der Waals surface area contributed by atoms with Crippen LogP contribution in [0, 0.1) is 0 Å². The van der Waals surface area contributed by atoms with Crippen LogP contribution in [0.3, 0.4) is 0 Å². The predicted octanol–water partition coefficient (Wildman–Crippen LogP) is 1.61. The van der Waals surface area contributed by atoms with Crippen LogP contribution >= 0.6 is 0 Å². The standard InChI is InChI=1S/C10H22O3Si/c1-3-5-6-8-12-13-10(11)9(14)7-4-2/h9H,3-8H2,1-2,14H3. The van der Waals surface area contributed by atoms with Gasteiger partial charge < -0.3 is 0 Å². The molecule has 0 N–H and O–H groups in total. The molecule has 0 aliphatic rings. The van der Waals surface area contributed by atoms with E-state index in [4.69, 9.17) is 9.78 Å². The summed E-state index contributed by atoms with van der Waals surface area (Å²) in [4.78, 5) is 20.8. The highest BCUT2D eigenvalue weighted by atomic mass is 28.1. The van der Waals surface area contributed by atoms with Gasteiger partial charge in [0.15, 0.2) is 0 Å². The molecule has 14 heavy (non-hydrogen) atoms. The van der Waals surface area contributed by atoms with E-state index in [9.17, 15) is 4.79 Å². The Bertz CT molecular complexity index is 150. The summed E-state index contributed by atoms with van der Waals surface area (Å²) < 4.78 is 0. The minimum Gasteiger partial charge on any atom is -0.298 e. The molecular weight excluding hydrogens is 196 g/mol. The van der Waals surface area contributed by atoms with Gasteiger partial charge in [-0.05, 0) is 12.8 Å². The van der Waals surface area contributed by atoms with Crippen molar-refractivity contribution < 1.29 is 14.6 Å². The lowest BCUT2D eigenvalue weighted by Crippen LogP contribution is -2.13. The van der Waals surface area contributed by atoms with Crippen molar-refractivity contribution in [1.82, 2.24) is 0 Å². The highest BCUT2D eigenvalue weighted by Gasteiger charge is 2.13. The first-order valence-corrected chi connectivity index (χ1v) is 6.71. The van der Waals surface area contributed by atoms with Crippen molar-refractivity contribution in [3.8, 4) is 0 Å². The van der Waals surface area contributed by atoms with Gasteiger partial charge >= 0.3 is 5.97 Å². The van der Waals surface area contributed by atoms with Crippen molar-refractivity contribution in [2.75, 3.05) is 6.61 Å². The van der Waals surface area contributed by atoms with Crippen molar-refractivity contribution in [1.29, 1.82) is 0 Å². The van der Waals surface area contributed by atoms with Gasteiger partial charge in [0.05, 0.1) is 6.61 Å². The van der Waals surface area contributed by atoms with Crippen LogP contribution in [0.4, 0.5) is 0 Å². The molecule has 0 spiro atoms. The van der Waals surface area contributed by atoms with Crippen LogP contribution in [0.5, 0.6) is 0 Å². The molecule has 0 saturated heterocycles. The van der Waals surface area contributed by atoms with Crippen molar-refractivity contribution in [2.24, 2.45) is 0 Å². The van der Waals surface area contributed by atoms with Gasteiger partial charge in [0.25, 0.3) is 0 Å². The second-order valence-electron chi connectivity index (χ2n) is 3.62. The maximum atomic E-state index is 11.3. The third kappa shape index (κ3) is 7.09. The number of hydrogen-bond donors (Lipinski definition) is 0. The van der Waals surface area contributed by atoms with Crippen molar-refractivity contribution in [3.63, 3.8) is 0 Å². The highest BCUT2D eigenvalue weighted by Crippen LogP contribution is 2.10. The molecule has 0 bridgehead atoms. The fourth-order valence-electron chi connectivity index (χ4n) is 1.14. The number of unbranched alkanes of at least 4 members (excludes halogenated alkanes) is 2. The van der Waals surface area contributed by atoms with E-state index < -0.39 is 0 Å². The molecule has 0 aliphatic heterocycles. The van der Waals surface area contributed by atoms with Crippen molar-refractivity contribution >= 4 is 16.2 Å². The second-order valence-corrected chi connectivity index (χ2v) is 5.02. The summed E-state index contributed by atoms with van der Waals surface area (Å²) >= 11 is 0. The molecule has 4 heteroatoms. The van der Waals surface area contributed by atoms with Gasteiger partial charge in [-0.15, -0.1) is 0 Å². The van der Waals surface area contributed by atoms with Gasteiger partial charge in [-0.2, -0.15) is 4.89 Å². The highest BCUT2D eigenvalue weighted by molar-refractivity contribution is 6.22. The van der Waals surface area contributed by atoms with Crippen LogP contribution in [0.2, 0.25) is 5.54 Å². The van der Waals surface area contributed by atoms with E-state index in [0.717, 1.165) is 42.3 Å². The van der Waals surface area contributed by atoms with E-state index >= 15 is 0 Å². The van der Waals surface area contributed by atoms with Gasteiger partial charge in [0.2, 0.25) is 0 Å². The first-order chi connectivity index (χ1) is 6.72. The maximum absolute atomic E-state index is 11.3. The quantitative estimate of drug-likeness (QED) is 0.269. The summed E-state index contributed by atoms with van der Waals surface area (Å²) in [6.45, 7) is 4.72. The Hall–Kier alpha value is -0.353. The first-order valence-electron chi connectivity index (χ1n) is 5.55. The zero-order valence-corrected chi connectivity index (χ0v) is 11.5. The first kappa shape index (κ1) is 13.6. The molecule has 0 amide bonds. The Morgan fingerprint density at radius 3 is 2.57 bits per heavy atom. The average Bonchev–Trinajstić information content (AvgIpc) is 2.17. The minimum atomic E-state index is -0.185. The van der Waals surface area contributed by atoms with Gasteiger partial charge in [-0.1, -0.05) is 33.1 Å². The molecule has 0 rings (SSSR count). The molecule has 0 saturated carbocycles. The van der Waals surface area contributed by atoms with Crippen LogP contribution in [-0.2, 0) is 14.6 Å². The van der Waals surface area contributed by atoms with E-state index in [1.54, 1.807) is 0 Å². The lowest BCUT2D eigenvalue weighted by Gasteiger charge is -2.08. The normalized spacial score (nSPS) is 12.7. The van der Waals surface area contributed by atoms with Gasteiger partial charge in [0, 0.05) is 15.8 Å². The monoisotopic (exact) mass is 218 g/mol. The molecule has 0 aromatic heterocycles. The Morgan fingerprint density at radius 2 is 2.00 bits per heavy atom. The number of rotatable bonds is 8. The van der Waals surface area contributed by atoms with Crippen LogP contribution in [0.25, 0.3) is 0 Å². The summed E-state index contributed by atoms with van der Waals surface area (Å²) in [6, 6.07) is 0. The Morgan fingerprint density at radius 1 is 1.29 bits per heavy atom. The fourth-order valence-corrected chi connectivity index (χ4v) is 1.82. The molecule has 3 nitrogen and oxygen atoms in total. The molecule has 84 valence electrons. The SMILES string of the molecule is CCCCCOOC(=O)C([SiH3])CCC. The van der Waals surface area contributed by atoms with E-state index in [1.165, 1.54) is 0 Å². The molecule has 0 radical (unpaired) electrons. The average molecular weight is 218 g/mol. The molecule has 0 aliphatic carbocycles. The third-order valence-corrected chi connectivity index (χ3v) is 3.15. The molecule has 0 fully saturated rings. The molecule has 0 aromatic carbocycles. The Kier molecular flexibility index (Phi) is 8.98. The summed E-state index contributed by atoms with van der Waals surface area (Å²) in [5, 5.41) is 0. The molecule has 0 aromatic rings. The van der Waals surface area contributed by atoms with Gasteiger partial charge in [0.1, 0.15) is 0 Å². The molecular formula is C10H22O3Si. The van der Waals surface area contributed by atoms with Crippen molar-refractivity contribution in [3.05, 3.63) is 0 Å². The van der Waals surface area contributed by atoms with Gasteiger partial charge in [-0.25, -0.2) is 4.79 Å². The third-order valence-electron chi connectivity index (χ3n) is 2.10. The fraction of sp³-hybridized carbons (Fsp3) is 0.900. The van der Waals surface area contributed by atoms with Crippen LogP contribution in [-0.4, -0.2) is 22.8 Å².